The SMILES string of the molecule is NS(=O)(=O)OC[C@@H]1CC[C@H](Nc2ncncc2C(=O)c2ccn(Cc3c(F)c(F)c(F)c(F)c3F)n2)C1. The third kappa shape index (κ3) is 5.91. The van der Waals surface area contributed by atoms with Gasteiger partial charge in [-0.2, -0.15) is 13.5 Å². The minimum absolute atomic E-state index is 0.0215. The lowest BCUT2D eigenvalue weighted by molar-refractivity contribution is 0.103. The number of aromatic nitrogens is 4. The summed E-state index contributed by atoms with van der Waals surface area (Å²) in [7, 11) is -4.06. The largest absolute Gasteiger partial charge is 0.367 e. The van der Waals surface area contributed by atoms with E-state index in [4.69, 9.17) is 5.14 Å². The van der Waals surface area contributed by atoms with Crippen LogP contribution in [0.3, 0.4) is 0 Å². The number of carbonyl (C=O) groups is 1. The van der Waals surface area contributed by atoms with Crippen LogP contribution in [-0.2, 0) is 21.0 Å². The van der Waals surface area contributed by atoms with Crippen molar-refractivity contribution < 1.29 is 39.3 Å². The predicted octanol–water partition coefficient (Wildman–Crippen LogP) is 2.45. The lowest BCUT2D eigenvalue weighted by Crippen LogP contribution is -2.22. The molecule has 0 unspecified atom stereocenters. The normalized spacial score (nSPS) is 17.8. The van der Waals surface area contributed by atoms with Gasteiger partial charge in [0, 0.05) is 18.4 Å². The molecule has 0 radical (unpaired) electrons. The number of halogens is 5. The molecule has 3 aromatic rings. The van der Waals surface area contributed by atoms with Gasteiger partial charge in [0.05, 0.1) is 24.3 Å². The third-order valence-corrected chi connectivity index (χ3v) is 6.27. The summed E-state index contributed by atoms with van der Waals surface area (Å²) < 4.78 is 95.7. The molecule has 198 valence electrons. The molecule has 1 fully saturated rings. The molecule has 1 aliphatic carbocycles. The van der Waals surface area contributed by atoms with Crippen LogP contribution in [0.5, 0.6) is 0 Å². The minimum atomic E-state index is -4.06. The molecule has 0 saturated heterocycles. The van der Waals surface area contributed by atoms with Crippen molar-refractivity contribution in [1.82, 2.24) is 19.7 Å². The first kappa shape index (κ1) is 26.6. The van der Waals surface area contributed by atoms with Gasteiger partial charge in [-0.1, -0.05) is 0 Å². The third-order valence-electron chi connectivity index (χ3n) is 5.80. The van der Waals surface area contributed by atoms with Gasteiger partial charge >= 0.3 is 10.3 Å². The van der Waals surface area contributed by atoms with Gasteiger partial charge in [-0.15, -0.1) is 0 Å². The molecule has 2 aromatic heterocycles. The number of hydrogen-bond donors (Lipinski definition) is 2. The molecule has 37 heavy (non-hydrogen) atoms. The number of rotatable bonds is 9. The second-order valence-electron chi connectivity index (χ2n) is 8.36. The summed E-state index contributed by atoms with van der Waals surface area (Å²) in [5, 5.41) is 11.9. The molecule has 1 saturated carbocycles. The molecule has 4 rings (SSSR count). The van der Waals surface area contributed by atoms with Crippen LogP contribution in [0, 0.1) is 35.0 Å². The monoisotopic (exact) mass is 546 g/mol. The van der Waals surface area contributed by atoms with Crippen LogP contribution in [0.4, 0.5) is 27.8 Å². The Morgan fingerprint density at radius 1 is 1.11 bits per heavy atom. The first-order valence-electron chi connectivity index (χ1n) is 10.8. The Bertz CT molecular complexity index is 1420. The maximum absolute atomic E-state index is 14.0. The summed E-state index contributed by atoms with van der Waals surface area (Å²) in [6.07, 6.45) is 5.38. The summed E-state index contributed by atoms with van der Waals surface area (Å²) in [5.74, 6) is -11.0. The van der Waals surface area contributed by atoms with Crippen LogP contribution >= 0.6 is 0 Å². The van der Waals surface area contributed by atoms with E-state index in [1.165, 1.54) is 18.6 Å². The van der Waals surface area contributed by atoms with E-state index in [1.54, 1.807) is 0 Å². The molecular weight excluding hydrogens is 527 g/mol. The first-order valence-corrected chi connectivity index (χ1v) is 12.2. The number of nitrogens with zero attached hydrogens (tertiary/aromatic N) is 4. The minimum Gasteiger partial charge on any atom is -0.367 e. The Hall–Kier alpha value is -3.50. The molecule has 1 aliphatic rings. The second kappa shape index (κ2) is 10.5. The van der Waals surface area contributed by atoms with E-state index in [0.717, 1.165) is 10.9 Å². The molecule has 1 aromatic carbocycles. The summed E-state index contributed by atoms with van der Waals surface area (Å²) >= 11 is 0. The molecular formula is C21H19F5N6O4S. The fourth-order valence-corrected chi connectivity index (χ4v) is 4.39. The topological polar surface area (TPSA) is 142 Å². The van der Waals surface area contributed by atoms with Crippen LogP contribution in [0.2, 0.25) is 0 Å². The molecule has 2 atom stereocenters. The number of carbonyl (C=O) groups excluding carboxylic acids is 1. The molecule has 0 bridgehead atoms. The van der Waals surface area contributed by atoms with E-state index in [1.807, 2.05) is 0 Å². The Balaban J connectivity index is 1.48. The van der Waals surface area contributed by atoms with Gasteiger partial charge in [-0.3, -0.25) is 13.7 Å². The van der Waals surface area contributed by atoms with Crippen molar-refractivity contribution in [3.8, 4) is 0 Å². The zero-order valence-corrected chi connectivity index (χ0v) is 19.6. The van der Waals surface area contributed by atoms with Crippen molar-refractivity contribution in [2.45, 2.75) is 31.8 Å². The van der Waals surface area contributed by atoms with E-state index < -0.39 is 57.3 Å². The molecule has 2 heterocycles. The second-order valence-corrected chi connectivity index (χ2v) is 9.58. The van der Waals surface area contributed by atoms with E-state index >= 15 is 0 Å². The van der Waals surface area contributed by atoms with Crippen LogP contribution in [0.15, 0.2) is 24.8 Å². The lowest BCUT2D eigenvalue weighted by atomic mass is 10.1. The van der Waals surface area contributed by atoms with Gasteiger partial charge in [0.1, 0.15) is 17.8 Å². The Morgan fingerprint density at radius 2 is 1.78 bits per heavy atom. The van der Waals surface area contributed by atoms with Crippen LogP contribution in [-0.4, -0.2) is 46.6 Å². The highest BCUT2D eigenvalue weighted by atomic mass is 32.2. The highest BCUT2D eigenvalue weighted by molar-refractivity contribution is 7.84. The van der Waals surface area contributed by atoms with Crippen molar-refractivity contribution in [3.05, 3.63) is 70.7 Å². The molecule has 0 amide bonds. The van der Waals surface area contributed by atoms with Crippen LogP contribution in [0.1, 0.15) is 40.9 Å². The first-order chi connectivity index (χ1) is 17.4. The molecule has 0 spiro atoms. The summed E-state index contributed by atoms with van der Waals surface area (Å²) in [5.41, 5.74) is -1.27. The zero-order valence-electron chi connectivity index (χ0n) is 18.8. The summed E-state index contributed by atoms with van der Waals surface area (Å²) in [6.45, 7) is -0.896. The van der Waals surface area contributed by atoms with Gasteiger partial charge in [-0.25, -0.2) is 37.1 Å². The van der Waals surface area contributed by atoms with Crippen molar-refractivity contribution in [1.29, 1.82) is 0 Å². The van der Waals surface area contributed by atoms with E-state index in [2.05, 4.69) is 24.6 Å². The Kier molecular flexibility index (Phi) is 7.52. The summed E-state index contributed by atoms with van der Waals surface area (Å²) in [6, 6.07) is 1.05. The standard InChI is InChI=1S/C21H19F5N6O4S/c22-15-13(16(23)18(25)19(26)17(15)24)7-32-4-3-14(31-32)20(33)12-6-28-9-29-21(12)30-11-2-1-10(5-11)8-36-37(27,34)35/h3-4,6,9-11H,1-2,5,7-8H2,(H2,27,34,35)(H,28,29,30)/t10-,11+/m1/s1. The number of nitrogens with two attached hydrogens (primary N) is 1. The average molecular weight is 546 g/mol. The number of anilines is 1. The van der Waals surface area contributed by atoms with E-state index in [9.17, 15) is 35.2 Å². The maximum atomic E-state index is 14.0. The Labute approximate surface area is 206 Å². The van der Waals surface area contributed by atoms with Gasteiger partial charge in [0.2, 0.25) is 11.6 Å². The molecule has 0 aliphatic heterocycles. The van der Waals surface area contributed by atoms with Gasteiger partial charge in [0.15, 0.2) is 23.3 Å². The molecule has 10 nitrogen and oxygen atoms in total. The Morgan fingerprint density at radius 3 is 2.46 bits per heavy atom. The van der Waals surface area contributed by atoms with Crippen LogP contribution in [0.25, 0.3) is 0 Å². The van der Waals surface area contributed by atoms with Crippen molar-refractivity contribution in [2.75, 3.05) is 11.9 Å². The molecule has 16 heteroatoms. The van der Waals surface area contributed by atoms with Gasteiger partial charge < -0.3 is 5.32 Å². The maximum Gasteiger partial charge on any atom is 0.333 e. The average Bonchev–Trinajstić information content (AvgIpc) is 3.52. The van der Waals surface area contributed by atoms with Crippen LogP contribution < -0.4 is 10.5 Å². The number of benzene rings is 1. The fraction of sp³-hybridized carbons (Fsp3) is 0.333. The van der Waals surface area contributed by atoms with Gasteiger partial charge in [0.25, 0.3) is 0 Å². The number of nitrogens with one attached hydrogen (secondary N) is 1. The lowest BCUT2D eigenvalue weighted by Gasteiger charge is -2.15. The van der Waals surface area contributed by atoms with E-state index in [-0.39, 0.29) is 35.6 Å². The predicted molar refractivity (Wildman–Crippen MR) is 117 cm³/mol. The number of ketones is 1. The van der Waals surface area contributed by atoms with Crippen molar-refractivity contribution >= 4 is 21.9 Å². The summed E-state index contributed by atoms with van der Waals surface area (Å²) in [4.78, 5) is 21.0. The van der Waals surface area contributed by atoms with Gasteiger partial charge in [-0.05, 0) is 31.2 Å². The van der Waals surface area contributed by atoms with E-state index in [0.29, 0.717) is 19.3 Å². The van der Waals surface area contributed by atoms with Crippen molar-refractivity contribution in [3.63, 3.8) is 0 Å². The van der Waals surface area contributed by atoms with Crippen molar-refractivity contribution in [2.24, 2.45) is 11.1 Å². The highest BCUT2D eigenvalue weighted by Gasteiger charge is 2.29. The number of hydrogen-bond acceptors (Lipinski definition) is 8. The fourth-order valence-electron chi connectivity index (χ4n) is 4.01. The quantitative estimate of drug-likeness (QED) is 0.180. The highest BCUT2D eigenvalue weighted by Crippen LogP contribution is 2.29. The zero-order chi connectivity index (χ0) is 26.9. The smallest absolute Gasteiger partial charge is 0.333 e. The molecule has 3 N–H and O–H groups in total.